The van der Waals surface area contributed by atoms with Crippen molar-refractivity contribution < 1.29 is 23.1 Å². The highest BCUT2D eigenvalue weighted by Crippen LogP contribution is 2.29. The van der Waals surface area contributed by atoms with Gasteiger partial charge in [0.2, 0.25) is 0 Å². The highest BCUT2D eigenvalue weighted by molar-refractivity contribution is 7.93. The number of benzene rings is 1. The molecule has 0 atom stereocenters. The largest absolute Gasteiger partial charge is 0.465 e. The molecule has 118 valence electrons. The normalized spacial score (nSPS) is 11.2. The van der Waals surface area contributed by atoms with Gasteiger partial charge in [0.05, 0.1) is 24.4 Å². The van der Waals surface area contributed by atoms with E-state index in [1.807, 2.05) is 0 Å². The minimum absolute atomic E-state index is 0.0237. The van der Waals surface area contributed by atoms with Gasteiger partial charge in [-0.15, -0.1) is 11.3 Å². The number of esters is 1. The Morgan fingerprint density at radius 3 is 2.77 bits per heavy atom. The lowest BCUT2D eigenvalue weighted by atomic mass is 10.2. The van der Waals surface area contributed by atoms with Crippen molar-refractivity contribution in [2.45, 2.75) is 11.5 Å². The van der Waals surface area contributed by atoms with E-state index < -0.39 is 16.0 Å². The number of nitrogens with one attached hydrogen (secondary N) is 1. The second kappa shape index (κ2) is 6.66. The summed E-state index contributed by atoms with van der Waals surface area (Å²) in [5.74, 6) is -0.731. The van der Waals surface area contributed by atoms with Crippen LogP contribution >= 0.6 is 22.9 Å². The van der Waals surface area contributed by atoms with Crippen molar-refractivity contribution in [3.63, 3.8) is 0 Å². The van der Waals surface area contributed by atoms with Crippen LogP contribution in [0.3, 0.4) is 0 Å². The molecule has 2 rings (SSSR count). The maximum atomic E-state index is 12.4. The third-order valence-corrected chi connectivity index (χ3v) is 5.51. The van der Waals surface area contributed by atoms with Crippen LogP contribution in [-0.2, 0) is 21.4 Å². The van der Waals surface area contributed by atoms with E-state index in [-0.39, 0.29) is 27.1 Å². The Balaban J connectivity index is 2.41. The number of anilines is 1. The van der Waals surface area contributed by atoms with Gasteiger partial charge >= 0.3 is 5.97 Å². The van der Waals surface area contributed by atoms with Gasteiger partial charge in [-0.05, 0) is 29.1 Å². The Morgan fingerprint density at radius 2 is 2.14 bits per heavy atom. The molecule has 0 unspecified atom stereocenters. The minimum atomic E-state index is -4.01. The first-order valence-corrected chi connectivity index (χ1v) is 8.71. The number of aliphatic hydroxyl groups is 1. The molecule has 1 aromatic carbocycles. The first kappa shape index (κ1) is 16.8. The van der Waals surface area contributed by atoms with Crippen LogP contribution in [0.15, 0.2) is 34.5 Å². The Labute approximate surface area is 136 Å². The summed E-state index contributed by atoms with van der Waals surface area (Å²) in [6.45, 7) is -0.252. The fraction of sp³-hybridized carbons (Fsp3) is 0.154. The van der Waals surface area contributed by atoms with Gasteiger partial charge in [0.25, 0.3) is 10.0 Å². The summed E-state index contributed by atoms with van der Waals surface area (Å²) in [6, 6.07) is 5.78. The van der Waals surface area contributed by atoms with E-state index >= 15 is 0 Å². The molecule has 0 spiro atoms. The number of hydrogen-bond donors (Lipinski definition) is 2. The number of halogens is 1. The molecule has 0 radical (unpaired) electrons. The molecule has 0 aliphatic carbocycles. The average molecular weight is 362 g/mol. The van der Waals surface area contributed by atoms with Crippen LogP contribution in [0.2, 0.25) is 5.02 Å². The Kier molecular flexibility index (Phi) is 5.07. The summed E-state index contributed by atoms with van der Waals surface area (Å²) >= 11 is 6.92. The van der Waals surface area contributed by atoms with Crippen LogP contribution in [-0.4, -0.2) is 26.6 Å². The van der Waals surface area contributed by atoms with Gasteiger partial charge in [0.15, 0.2) is 0 Å². The van der Waals surface area contributed by atoms with Crippen molar-refractivity contribution in [3.05, 3.63) is 45.1 Å². The number of carbonyl (C=O) groups excluding carboxylic acids is 1. The number of aliphatic hydroxyl groups excluding tert-OH is 1. The van der Waals surface area contributed by atoms with E-state index in [2.05, 4.69) is 9.46 Å². The summed E-state index contributed by atoms with van der Waals surface area (Å²) in [6.07, 6.45) is 0. The summed E-state index contributed by atoms with van der Waals surface area (Å²) in [5.41, 5.74) is 0.621. The third kappa shape index (κ3) is 3.41. The van der Waals surface area contributed by atoms with Gasteiger partial charge in [-0.3, -0.25) is 4.72 Å². The lowest BCUT2D eigenvalue weighted by molar-refractivity contribution is 0.0602. The fourth-order valence-corrected chi connectivity index (χ4v) is 4.33. The van der Waals surface area contributed by atoms with Gasteiger partial charge in [0.1, 0.15) is 9.77 Å². The maximum Gasteiger partial charge on any atom is 0.349 e. The molecule has 0 bridgehead atoms. The molecule has 9 heteroatoms. The van der Waals surface area contributed by atoms with Crippen LogP contribution in [0.1, 0.15) is 15.2 Å². The summed E-state index contributed by atoms with van der Waals surface area (Å²) in [5, 5.41) is 10.8. The topological polar surface area (TPSA) is 92.7 Å². The predicted molar refractivity (Wildman–Crippen MR) is 83.8 cm³/mol. The lowest BCUT2D eigenvalue weighted by Gasteiger charge is -2.11. The monoisotopic (exact) mass is 361 g/mol. The van der Waals surface area contributed by atoms with Crippen molar-refractivity contribution in [3.8, 4) is 0 Å². The number of sulfonamides is 1. The van der Waals surface area contributed by atoms with E-state index in [1.54, 1.807) is 6.07 Å². The molecule has 2 aromatic rings. The summed E-state index contributed by atoms with van der Waals surface area (Å²) < 4.78 is 31.7. The molecule has 0 aliphatic heterocycles. The highest BCUT2D eigenvalue weighted by Gasteiger charge is 2.25. The first-order chi connectivity index (χ1) is 10.4. The molecule has 1 heterocycles. The minimum Gasteiger partial charge on any atom is -0.465 e. The van der Waals surface area contributed by atoms with Crippen LogP contribution in [0.4, 0.5) is 5.69 Å². The maximum absolute atomic E-state index is 12.4. The molecule has 0 amide bonds. The fourth-order valence-electron chi connectivity index (χ4n) is 1.70. The molecule has 2 N–H and O–H groups in total. The smallest absolute Gasteiger partial charge is 0.349 e. The highest BCUT2D eigenvalue weighted by atomic mass is 35.5. The molecule has 1 aromatic heterocycles. The number of carbonyl (C=O) groups is 1. The van der Waals surface area contributed by atoms with Crippen molar-refractivity contribution in [2.24, 2.45) is 0 Å². The van der Waals surface area contributed by atoms with Crippen molar-refractivity contribution in [1.29, 1.82) is 0 Å². The quantitative estimate of drug-likeness (QED) is 0.798. The van der Waals surface area contributed by atoms with Gasteiger partial charge < -0.3 is 9.84 Å². The number of rotatable bonds is 5. The molecule has 6 nitrogen and oxygen atoms in total. The van der Waals surface area contributed by atoms with E-state index in [0.29, 0.717) is 5.56 Å². The van der Waals surface area contributed by atoms with E-state index in [9.17, 15) is 13.2 Å². The van der Waals surface area contributed by atoms with Gasteiger partial charge in [0, 0.05) is 0 Å². The predicted octanol–water partition coefficient (Wildman–Crippen LogP) is 2.48. The van der Waals surface area contributed by atoms with Crippen LogP contribution in [0.5, 0.6) is 0 Å². The van der Waals surface area contributed by atoms with Crippen molar-refractivity contribution in [2.75, 3.05) is 11.8 Å². The molecule has 0 saturated carbocycles. The molecular weight excluding hydrogens is 350 g/mol. The summed E-state index contributed by atoms with van der Waals surface area (Å²) in [4.78, 5) is 11.4. The number of ether oxygens (including phenoxy) is 1. The van der Waals surface area contributed by atoms with Crippen LogP contribution < -0.4 is 4.72 Å². The van der Waals surface area contributed by atoms with Crippen molar-refractivity contribution >= 4 is 44.6 Å². The summed E-state index contributed by atoms with van der Waals surface area (Å²) in [7, 11) is -2.84. The molecule has 0 fully saturated rings. The molecule has 22 heavy (non-hydrogen) atoms. The lowest BCUT2D eigenvalue weighted by Crippen LogP contribution is -2.16. The third-order valence-electron chi connectivity index (χ3n) is 2.75. The second-order valence-corrected chi connectivity index (χ2v) is 7.16. The number of methoxy groups -OCH3 is 1. The Hall–Kier alpha value is -1.61. The molecule has 0 aliphatic rings. The van der Waals surface area contributed by atoms with E-state index in [4.69, 9.17) is 16.7 Å². The molecule has 0 saturated heterocycles. The number of thiophene rings is 1. The SMILES string of the molecule is COC(=O)c1sccc1S(=O)(=O)Nc1cc(CO)ccc1Cl. The first-order valence-electron chi connectivity index (χ1n) is 5.97. The molecular formula is C13H12ClNO5S2. The number of hydrogen-bond acceptors (Lipinski definition) is 6. The van der Waals surface area contributed by atoms with Crippen LogP contribution in [0, 0.1) is 0 Å². The van der Waals surface area contributed by atoms with Gasteiger partial charge in [-0.1, -0.05) is 17.7 Å². The van der Waals surface area contributed by atoms with Crippen molar-refractivity contribution in [1.82, 2.24) is 0 Å². The second-order valence-electron chi connectivity index (χ2n) is 4.18. The average Bonchev–Trinajstić information content (AvgIpc) is 2.99. The zero-order valence-corrected chi connectivity index (χ0v) is 13.8. The van der Waals surface area contributed by atoms with E-state index in [0.717, 1.165) is 11.3 Å². The van der Waals surface area contributed by atoms with E-state index in [1.165, 1.54) is 30.7 Å². The zero-order chi connectivity index (χ0) is 16.3. The van der Waals surface area contributed by atoms with Gasteiger partial charge in [-0.2, -0.15) is 0 Å². The Bertz CT molecular complexity index is 801. The zero-order valence-electron chi connectivity index (χ0n) is 11.4. The Morgan fingerprint density at radius 1 is 1.41 bits per heavy atom. The van der Waals surface area contributed by atoms with Gasteiger partial charge in [-0.25, -0.2) is 13.2 Å². The van der Waals surface area contributed by atoms with Crippen LogP contribution in [0.25, 0.3) is 0 Å². The standard InChI is InChI=1S/C13H12ClNO5S2/c1-20-13(17)12-11(4-5-21-12)22(18,19)15-10-6-8(7-16)2-3-9(10)14/h2-6,15-16H,7H2,1H3.